The Kier molecular flexibility index (Phi) is 3.76. The van der Waals surface area contributed by atoms with Crippen molar-refractivity contribution in [1.29, 1.82) is 0 Å². The van der Waals surface area contributed by atoms with Crippen LogP contribution in [0, 0.1) is 0 Å². The van der Waals surface area contributed by atoms with Gasteiger partial charge in [0.25, 0.3) is 0 Å². The summed E-state index contributed by atoms with van der Waals surface area (Å²) in [6.45, 7) is 3.81. The summed E-state index contributed by atoms with van der Waals surface area (Å²) >= 11 is 0. The predicted molar refractivity (Wildman–Crippen MR) is 38.1 cm³/mol. The van der Waals surface area contributed by atoms with E-state index in [-0.39, 0.29) is 5.91 Å². The minimum absolute atomic E-state index is 0.0110. The largest absolute Gasteiger partial charge is 0.355 e. The van der Waals surface area contributed by atoms with Crippen molar-refractivity contribution in [3.05, 3.63) is 11.6 Å². The molecule has 2 heteroatoms. The van der Waals surface area contributed by atoms with E-state index >= 15 is 0 Å². The highest BCUT2D eigenvalue weighted by Crippen LogP contribution is 1.92. The minimum atomic E-state index is 0.0110. The zero-order valence-corrected chi connectivity index (χ0v) is 6.19. The highest BCUT2D eigenvalue weighted by atomic mass is 16.1. The van der Waals surface area contributed by atoms with Crippen LogP contribution in [-0.4, -0.2) is 13.0 Å². The molecule has 0 aromatic carbocycles. The van der Waals surface area contributed by atoms with E-state index in [2.05, 4.69) is 5.32 Å². The van der Waals surface area contributed by atoms with Gasteiger partial charge in [-0.15, -0.1) is 0 Å². The summed E-state index contributed by atoms with van der Waals surface area (Å²) in [4.78, 5) is 10.7. The molecule has 0 spiro atoms. The molecule has 0 unspecified atom stereocenters. The second kappa shape index (κ2) is 4.13. The Bertz CT molecular complexity index is 127. The topological polar surface area (TPSA) is 29.1 Å². The van der Waals surface area contributed by atoms with Gasteiger partial charge in [-0.25, -0.2) is 0 Å². The van der Waals surface area contributed by atoms with Crippen LogP contribution in [0.15, 0.2) is 11.6 Å². The number of rotatable bonds is 2. The van der Waals surface area contributed by atoms with Gasteiger partial charge in [0.2, 0.25) is 5.91 Å². The van der Waals surface area contributed by atoms with E-state index < -0.39 is 0 Å². The second-order valence-corrected chi connectivity index (χ2v) is 1.87. The van der Waals surface area contributed by atoms with Gasteiger partial charge in [-0.3, -0.25) is 4.79 Å². The lowest BCUT2D eigenvalue weighted by atomic mass is 10.2. The molecule has 52 valence electrons. The average Bonchev–Trinajstić information content (AvgIpc) is 1.87. The van der Waals surface area contributed by atoms with E-state index in [4.69, 9.17) is 0 Å². The summed E-state index contributed by atoms with van der Waals surface area (Å²) in [5, 5.41) is 2.54. The molecule has 0 aliphatic rings. The summed E-state index contributed by atoms with van der Waals surface area (Å²) in [6.07, 6.45) is 2.82. The smallest absolute Gasteiger partial charge is 0.246 e. The number of hydrogen-bond acceptors (Lipinski definition) is 1. The first-order valence-corrected chi connectivity index (χ1v) is 3.11. The Labute approximate surface area is 56.0 Å². The lowest BCUT2D eigenvalue weighted by Crippen LogP contribution is -2.18. The van der Waals surface area contributed by atoms with Crippen LogP contribution in [0.4, 0.5) is 0 Å². The Morgan fingerprint density at radius 3 is 2.56 bits per heavy atom. The van der Waals surface area contributed by atoms with Crippen molar-refractivity contribution >= 4 is 5.91 Å². The maximum absolute atomic E-state index is 10.7. The predicted octanol–water partition coefficient (Wildman–Crippen LogP) is 1.09. The number of carbonyl (C=O) groups is 1. The number of likely N-dealkylation sites (N-methyl/N-ethyl adjacent to an activating group) is 1. The molecule has 0 aromatic rings. The van der Waals surface area contributed by atoms with Crippen LogP contribution in [0.1, 0.15) is 20.3 Å². The van der Waals surface area contributed by atoms with Crippen molar-refractivity contribution in [3.63, 3.8) is 0 Å². The maximum Gasteiger partial charge on any atom is 0.246 e. The summed E-state index contributed by atoms with van der Waals surface area (Å²) in [6, 6.07) is 0. The summed E-state index contributed by atoms with van der Waals surface area (Å²) in [5.74, 6) is 0.0110. The van der Waals surface area contributed by atoms with Gasteiger partial charge < -0.3 is 5.32 Å². The highest BCUT2D eigenvalue weighted by Gasteiger charge is 1.96. The van der Waals surface area contributed by atoms with Crippen LogP contribution in [0.5, 0.6) is 0 Å². The van der Waals surface area contributed by atoms with Crippen molar-refractivity contribution < 1.29 is 4.79 Å². The highest BCUT2D eigenvalue weighted by molar-refractivity contribution is 5.92. The molecule has 0 radical (unpaired) electrons. The fourth-order valence-corrected chi connectivity index (χ4v) is 0.596. The van der Waals surface area contributed by atoms with Crippen molar-refractivity contribution in [2.45, 2.75) is 20.3 Å². The lowest BCUT2D eigenvalue weighted by Gasteiger charge is -1.95. The quantitative estimate of drug-likeness (QED) is 0.553. The van der Waals surface area contributed by atoms with Crippen molar-refractivity contribution in [3.8, 4) is 0 Å². The Hall–Kier alpha value is -0.790. The summed E-state index contributed by atoms with van der Waals surface area (Å²) < 4.78 is 0. The SMILES string of the molecule is CCC=C(C)C(=O)NC. The first-order valence-electron chi connectivity index (χ1n) is 3.11. The zero-order chi connectivity index (χ0) is 7.28. The number of allylic oxidation sites excluding steroid dienone is 1. The Morgan fingerprint density at radius 1 is 1.67 bits per heavy atom. The third kappa shape index (κ3) is 2.90. The third-order valence-electron chi connectivity index (χ3n) is 1.10. The fourth-order valence-electron chi connectivity index (χ4n) is 0.596. The second-order valence-electron chi connectivity index (χ2n) is 1.87. The van der Waals surface area contributed by atoms with E-state index in [1.165, 1.54) is 0 Å². The monoisotopic (exact) mass is 127 g/mol. The average molecular weight is 127 g/mol. The van der Waals surface area contributed by atoms with Crippen molar-refractivity contribution in [2.75, 3.05) is 7.05 Å². The molecule has 0 aliphatic heterocycles. The van der Waals surface area contributed by atoms with Crippen LogP contribution in [0.25, 0.3) is 0 Å². The van der Waals surface area contributed by atoms with Crippen LogP contribution in [0.3, 0.4) is 0 Å². The molecule has 0 rings (SSSR count). The van der Waals surface area contributed by atoms with Crippen LogP contribution >= 0.6 is 0 Å². The molecule has 0 aliphatic carbocycles. The van der Waals surface area contributed by atoms with E-state index in [9.17, 15) is 4.79 Å². The van der Waals surface area contributed by atoms with E-state index in [0.717, 1.165) is 12.0 Å². The summed E-state index contributed by atoms with van der Waals surface area (Å²) in [7, 11) is 1.63. The molecule has 1 N–H and O–H groups in total. The molecule has 9 heavy (non-hydrogen) atoms. The minimum Gasteiger partial charge on any atom is -0.355 e. The molecule has 2 nitrogen and oxygen atoms in total. The van der Waals surface area contributed by atoms with Crippen LogP contribution in [-0.2, 0) is 4.79 Å². The molecule has 0 atom stereocenters. The van der Waals surface area contributed by atoms with E-state index in [0.29, 0.717) is 0 Å². The van der Waals surface area contributed by atoms with Gasteiger partial charge in [0.15, 0.2) is 0 Å². The summed E-state index contributed by atoms with van der Waals surface area (Å²) in [5.41, 5.74) is 0.792. The van der Waals surface area contributed by atoms with Gasteiger partial charge in [-0.2, -0.15) is 0 Å². The molecule has 0 saturated carbocycles. The van der Waals surface area contributed by atoms with Gasteiger partial charge in [0, 0.05) is 12.6 Å². The van der Waals surface area contributed by atoms with Gasteiger partial charge in [-0.1, -0.05) is 13.0 Å². The van der Waals surface area contributed by atoms with Crippen LogP contribution < -0.4 is 5.32 Å². The number of carbonyl (C=O) groups excluding carboxylic acids is 1. The third-order valence-corrected chi connectivity index (χ3v) is 1.10. The lowest BCUT2D eigenvalue weighted by molar-refractivity contribution is -0.117. The van der Waals surface area contributed by atoms with Crippen LogP contribution in [0.2, 0.25) is 0 Å². The fraction of sp³-hybridized carbons (Fsp3) is 0.571. The zero-order valence-electron chi connectivity index (χ0n) is 6.19. The number of nitrogens with one attached hydrogen (secondary N) is 1. The molecule has 0 fully saturated rings. The van der Waals surface area contributed by atoms with Gasteiger partial charge in [-0.05, 0) is 13.3 Å². The standard InChI is InChI=1S/C7H13NO/c1-4-5-6(2)7(9)8-3/h5H,4H2,1-3H3,(H,8,9). The van der Waals surface area contributed by atoms with Crippen molar-refractivity contribution in [1.82, 2.24) is 5.32 Å². The molecule has 0 bridgehead atoms. The van der Waals surface area contributed by atoms with E-state index in [1.807, 2.05) is 19.9 Å². The molecular formula is C7H13NO. The number of hydrogen-bond donors (Lipinski definition) is 1. The molecular weight excluding hydrogens is 114 g/mol. The molecule has 0 heterocycles. The first kappa shape index (κ1) is 8.21. The van der Waals surface area contributed by atoms with Crippen molar-refractivity contribution in [2.24, 2.45) is 0 Å². The van der Waals surface area contributed by atoms with Gasteiger partial charge in [0.1, 0.15) is 0 Å². The van der Waals surface area contributed by atoms with Gasteiger partial charge >= 0.3 is 0 Å². The normalized spacial score (nSPS) is 11.2. The maximum atomic E-state index is 10.7. The first-order chi connectivity index (χ1) is 4.22. The van der Waals surface area contributed by atoms with E-state index in [1.54, 1.807) is 7.05 Å². The van der Waals surface area contributed by atoms with Gasteiger partial charge in [0.05, 0.1) is 0 Å². The Morgan fingerprint density at radius 2 is 2.22 bits per heavy atom. The molecule has 0 aromatic heterocycles. The number of amides is 1. The Balaban J connectivity index is 3.86. The molecule has 1 amide bonds. The molecule has 0 saturated heterocycles.